The maximum atomic E-state index is 3.54. The van der Waals surface area contributed by atoms with E-state index in [1.807, 2.05) is 6.92 Å². The molecule has 0 N–H and O–H groups in total. The second-order valence-corrected chi connectivity index (χ2v) is 0.791. The van der Waals surface area contributed by atoms with E-state index in [1.165, 1.54) is 0 Å². The Kier molecular flexibility index (Phi) is 3.18. The minimum atomic E-state index is 0.858. The summed E-state index contributed by atoms with van der Waals surface area (Å²) < 4.78 is 3.54. The zero-order chi connectivity index (χ0) is 3.41. The maximum Gasteiger partial charge on any atom is 0.0401 e. The van der Waals surface area contributed by atoms with Crippen LogP contribution in [0.2, 0.25) is 0 Å². The van der Waals surface area contributed by atoms with Crippen LogP contribution >= 0.6 is 9.03 Å². The van der Waals surface area contributed by atoms with Gasteiger partial charge in [0, 0.05) is 6.54 Å². The van der Waals surface area contributed by atoms with Gasteiger partial charge in [-0.2, -0.15) is 0 Å². The first-order valence-corrected chi connectivity index (χ1v) is 1.69. The van der Waals surface area contributed by atoms with Crippen molar-refractivity contribution >= 4 is 9.03 Å². The molecule has 0 heterocycles. The quantitative estimate of drug-likeness (QED) is 0.417. The summed E-state index contributed by atoms with van der Waals surface area (Å²) in [6, 6.07) is 0. The van der Waals surface area contributed by atoms with E-state index in [2.05, 4.69) is 13.8 Å². The summed E-state index contributed by atoms with van der Waals surface area (Å²) in [7, 11) is 2.91. The number of rotatable bonds is 1. The second kappa shape index (κ2) is 3.10. The largest absolute Gasteiger partial charge is 0.272 e. The highest BCUT2D eigenvalue weighted by Gasteiger charge is 1.44. The summed E-state index contributed by atoms with van der Waals surface area (Å²) in [6.45, 7) is 2.82. The summed E-state index contributed by atoms with van der Waals surface area (Å²) in [6.07, 6.45) is 0. The van der Waals surface area contributed by atoms with Crippen LogP contribution in [0.4, 0.5) is 0 Å². The lowest BCUT2D eigenvalue weighted by Crippen LogP contribution is -1.49. The van der Waals surface area contributed by atoms with Crippen LogP contribution in [0.3, 0.4) is 0 Å². The molecule has 0 radical (unpaired) electrons. The van der Waals surface area contributed by atoms with Crippen molar-refractivity contribution in [3.8, 4) is 0 Å². The van der Waals surface area contributed by atoms with E-state index in [-0.39, 0.29) is 0 Å². The number of hydrogen-bond acceptors (Lipinski definition) is 1. The average molecular weight is 75.1 g/mol. The first kappa shape index (κ1) is 4.10. The summed E-state index contributed by atoms with van der Waals surface area (Å²) in [5, 5.41) is 0. The normalized spacial score (nSPS) is 6.25. The van der Waals surface area contributed by atoms with Gasteiger partial charge in [0.2, 0.25) is 0 Å². The third-order valence-electron chi connectivity index (χ3n) is 0.158. The molecule has 0 rings (SSSR count). The molecule has 0 fully saturated rings. The van der Waals surface area contributed by atoms with Gasteiger partial charge in [0.25, 0.3) is 0 Å². The van der Waals surface area contributed by atoms with Crippen molar-refractivity contribution in [1.29, 1.82) is 0 Å². The van der Waals surface area contributed by atoms with Gasteiger partial charge in [-0.3, -0.25) is 4.74 Å². The molecule has 0 spiro atoms. The lowest BCUT2D eigenvalue weighted by molar-refractivity contribution is 1.16. The van der Waals surface area contributed by atoms with E-state index >= 15 is 0 Å². The molecule has 0 aromatic rings. The highest BCUT2D eigenvalue weighted by molar-refractivity contribution is 7.03. The molecule has 0 aromatic carbocycles. The zero-order valence-corrected chi connectivity index (χ0v) is 3.65. The molecular formula is C2H6NP. The van der Waals surface area contributed by atoms with E-state index in [0.717, 1.165) is 6.54 Å². The zero-order valence-electron chi connectivity index (χ0n) is 2.65. The minimum Gasteiger partial charge on any atom is -0.272 e. The molecule has 0 saturated heterocycles. The maximum absolute atomic E-state index is 3.54. The fourth-order valence-corrected chi connectivity index (χ4v) is 0. The third-order valence-corrected chi connectivity index (χ3v) is 0.474. The Hall–Kier alpha value is 0.100. The van der Waals surface area contributed by atoms with Crippen LogP contribution < -0.4 is 0 Å². The Labute approximate surface area is 28.3 Å². The van der Waals surface area contributed by atoms with Crippen LogP contribution in [0.25, 0.3) is 0 Å². The molecule has 0 unspecified atom stereocenters. The number of hydrogen-bond donors (Lipinski definition) is 0. The van der Waals surface area contributed by atoms with E-state index in [4.69, 9.17) is 0 Å². The smallest absolute Gasteiger partial charge is 0.0401 e. The predicted molar refractivity (Wildman–Crippen MR) is 21.3 cm³/mol. The van der Waals surface area contributed by atoms with E-state index in [9.17, 15) is 0 Å². The van der Waals surface area contributed by atoms with Crippen molar-refractivity contribution in [2.45, 2.75) is 6.92 Å². The Balaban J connectivity index is 2.30. The lowest BCUT2D eigenvalue weighted by atomic mass is 10.8. The molecule has 0 bridgehead atoms. The highest BCUT2D eigenvalue weighted by Crippen LogP contribution is 1.65. The van der Waals surface area contributed by atoms with Gasteiger partial charge in [0.1, 0.15) is 0 Å². The van der Waals surface area contributed by atoms with Gasteiger partial charge in [-0.05, 0) is 16.0 Å². The van der Waals surface area contributed by atoms with Crippen LogP contribution in [0, 0.1) is 0 Å². The van der Waals surface area contributed by atoms with Crippen LogP contribution in [0.1, 0.15) is 6.92 Å². The molecule has 0 aliphatic carbocycles. The molecule has 0 aliphatic heterocycles. The van der Waals surface area contributed by atoms with Gasteiger partial charge in [-0.15, -0.1) is 0 Å². The third kappa shape index (κ3) is 2.10. The average Bonchev–Trinajstić information content (AvgIpc) is 1.37. The fourth-order valence-electron chi connectivity index (χ4n) is 0. The summed E-state index contributed by atoms with van der Waals surface area (Å²) in [5.74, 6) is 0. The van der Waals surface area contributed by atoms with Gasteiger partial charge >= 0.3 is 0 Å². The van der Waals surface area contributed by atoms with Crippen molar-refractivity contribution in [2.24, 2.45) is 4.74 Å². The summed E-state index contributed by atoms with van der Waals surface area (Å²) >= 11 is 0. The van der Waals surface area contributed by atoms with E-state index in [0.29, 0.717) is 0 Å². The Bertz CT molecular complexity index is 20.0. The SMILES string of the molecule is CCN=P. The van der Waals surface area contributed by atoms with Gasteiger partial charge in [0.15, 0.2) is 0 Å². The highest BCUT2D eigenvalue weighted by atomic mass is 31.0. The minimum absolute atomic E-state index is 0.858. The van der Waals surface area contributed by atoms with E-state index in [1.54, 1.807) is 0 Å². The molecule has 0 aliphatic rings. The molecule has 4 heavy (non-hydrogen) atoms. The second-order valence-electron chi connectivity index (χ2n) is 0.474. The van der Waals surface area contributed by atoms with Crippen molar-refractivity contribution in [2.75, 3.05) is 6.54 Å². The van der Waals surface area contributed by atoms with Crippen LogP contribution in [0.5, 0.6) is 0 Å². The molecule has 2 heteroatoms. The lowest BCUT2D eigenvalue weighted by Gasteiger charge is -1.60. The van der Waals surface area contributed by atoms with Crippen molar-refractivity contribution in [3.63, 3.8) is 0 Å². The van der Waals surface area contributed by atoms with Crippen molar-refractivity contribution in [1.82, 2.24) is 0 Å². The fraction of sp³-hybridized carbons (Fsp3) is 1.00. The Morgan fingerprint density at radius 1 is 2.00 bits per heavy atom. The van der Waals surface area contributed by atoms with Crippen molar-refractivity contribution in [3.05, 3.63) is 0 Å². The standard InChI is InChI=1S/C2H6NP/c1-2-3-4/h4H,2H2,1H3. The first-order valence-electron chi connectivity index (χ1n) is 1.25. The molecular weight excluding hydrogens is 69.0 g/mol. The molecule has 0 amide bonds. The Morgan fingerprint density at radius 2 is 2.25 bits per heavy atom. The van der Waals surface area contributed by atoms with Gasteiger partial charge in [0.05, 0.1) is 0 Å². The summed E-state index contributed by atoms with van der Waals surface area (Å²) in [5.41, 5.74) is 0. The molecule has 0 saturated carbocycles. The van der Waals surface area contributed by atoms with Crippen LogP contribution in [0.15, 0.2) is 4.74 Å². The van der Waals surface area contributed by atoms with Gasteiger partial charge < -0.3 is 0 Å². The van der Waals surface area contributed by atoms with Gasteiger partial charge in [-0.1, -0.05) is 0 Å². The molecule has 0 aromatic heterocycles. The number of nitrogens with zero attached hydrogens (tertiary/aromatic N) is 1. The summed E-state index contributed by atoms with van der Waals surface area (Å²) in [4.78, 5) is 0. The van der Waals surface area contributed by atoms with Crippen LogP contribution in [-0.2, 0) is 0 Å². The molecule has 24 valence electrons. The molecule has 0 atom stereocenters. The van der Waals surface area contributed by atoms with Crippen LogP contribution in [-0.4, -0.2) is 6.54 Å². The van der Waals surface area contributed by atoms with Crippen molar-refractivity contribution < 1.29 is 0 Å². The first-order chi connectivity index (χ1) is 1.91. The monoisotopic (exact) mass is 75.0 g/mol. The predicted octanol–water partition coefficient (Wildman–Crippen LogP) is 1.33. The Morgan fingerprint density at radius 3 is 2.25 bits per heavy atom. The van der Waals surface area contributed by atoms with E-state index < -0.39 is 0 Å². The molecule has 1 nitrogen and oxygen atoms in total. The van der Waals surface area contributed by atoms with Gasteiger partial charge in [-0.25, -0.2) is 0 Å². The topological polar surface area (TPSA) is 12.4 Å².